The van der Waals surface area contributed by atoms with Crippen LogP contribution in [0.1, 0.15) is 39.5 Å². The zero-order valence-electron chi connectivity index (χ0n) is 11.1. The van der Waals surface area contributed by atoms with Crippen LogP contribution in [0.3, 0.4) is 0 Å². The Morgan fingerprint density at radius 2 is 2.06 bits per heavy atom. The van der Waals surface area contributed by atoms with Gasteiger partial charge in [-0.1, -0.05) is 31.5 Å². The fourth-order valence-electron chi connectivity index (χ4n) is 2.46. The molecule has 1 aliphatic heterocycles. The molecule has 98 valence electrons. The summed E-state index contributed by atoms with van der Waals surface area (Å²) in [6.07, 6.45) is 7.60. The first kappa shape index (κ1) is 13.6. The predicted molar refractivity (Wildman–Crippen MR) is 81.2 cm³/mol. The van der Waals surface area contributed by atoms with E-state index in [0.29, 0.717) is 12.1 Å². The number of amidine groups is 1. The highest BCUT2D eigenvalue weighted by atomic mass is 32.2. The third-order valence-corrected chi connectivity index (χ3v) is 6.29. The maximum atomic E-state index is 4.98. The highest BCUT2D eigenvalue weighted by Gasteiger charge is 2.26. The fourth-order valence-corrected chi connectivity index (χ4v) is 4.56. The summed E-state index contributed by atoms with van der Waals surface area (Å²) in [5.74, 6) is 1.96. The fraction of sp³-hybridized carbons (Fsp3) is 0.923. The Morgan fingerprint density at radius 3 is 2.76 bits per heavy atom. The van der Waals surface area contributed by atoms with Crippen molar-refractivity contribution in [1.29, 1.82) is 0 Å². The van der Waals surface area contributed by atoms with Crippen LogP contribution in [0.2, 0.25) is 0 Å². The zero-order chi connectivity index (χ0) is 12.3. The average Bonchev–Trinajstić information content (AvgIpc) is 2.34. The van der Waals surface area contributed by atoms with Gasteiger partial charge in [0.2, 0.25) is 0 Å². The van der Waals surface area contributed by atoms with Crippen LogP contribution in [0.25, 0.3) is 0 Å². The summed E-state index contributed by atoms with van der Waals surface area (Å²) in [6, 6.07) is 1.13. The molecule has 17 heavy (non-hydrogen) atoms. The molecule has 0 bridgehead atoms. The second-order valence-corrected chi connectivity index (χ2v) is 7.37. The molecular formula is C13H24N2S2. The van der Waals surface area contributed by atoms with Crippen molar-refractivity contribution < 1.29 is 0 Å². The lowest BCUT2D eigenvalue weighted by Gasteiger charge is -2.32. The average molecular weight is 272 g/mol. The molecule has 0 spiro atoms. The zero-order valence-corrected chi connectivity index (χ0v) is 12.7. The maximum absolute atomic E-state index is 4.98. The van der Waals surface area contributed by atoms with Gasteiger partial charge in [0.15, 0.2) is 5.17 Å². The molecule has 2 rings (SSSR count). The third kappa shape index (κ3) is 3.57. The van der Waals surface area contributed by atoms with Gasteiger partial charge in [0.25, 0.3) is 0 Å². The van der Waals surface area contributed by atoms with Crippen molar-refractivity contribution in [1.82, 2.24) is 5.32 Å². The molecule has 0 aromatic carbocycles. The first-order valence-corrected chi connectivity index (χ1v) is 8.98. The van der Waals surface area contributed by atoms with Crippen LogP contribution in [0.15, 0.2) is 4.99 Å². The van der Waals surface area contributed by atoms with Crippen LogP contribution < -0.4 is 5.32 Å². The van der Waals surface area contributed by atoms with Crippen molar-refractivity contribution in [2.24, 2.45) is 10.9 Å². The van der Waals surface area contributed by atoms with Gasteiger partial charge in [-0.15, -0.1) is 0 Å². The number of rotatable bonds is 2. The molecule has 1 saturated carbocycles. The van der Waals surface area contributed by atoms with Crippen LogP contribution in [0.4, 0.5) is 0 Å². The number of nitrogens with one attached hydrogen (secondary N) is 1. The summed E-state index contributed by atoms with van der Waals surface area (Å²) in [7, 11) is 0. The topological polar surface area (TPSA) is 24.4 Å². The molecule has 2 fully saturated rings. The Bertz CT molecular complexity index is 281. The molecule has 0 aromatic rings. The van der Waals surface area contributed by atoms with Crippen LogP contribution in [0, 0.1) is 5.92 Å². The summed E-state index contributed by atoms with van der Waals surface area (Å²) in [5.41, 5.74) is 0. The molecule has 0 amide bonds. The Hall–Kier alpha value is 0.170. The predicted octanol–water partition coefficient (Wildman–Crippen LogP) is 3.38. The second kappa shape index (κ2) is 6.37. The maximum Gasteiger partial charge on any atom is 0.157 e. The summed E-state index contributed by atoms with van der Waals surface area (Å²) >= 11 is 3.91. The number of hydrogen-bond acceptors (Lipinski definition) is 3. The number of thioether (sulfide) groups is 2. The molecule has 1 saturated heterocycles. The molecule has 4 atom stereocenters. The second-order valence-electron chi connectivity index (χ2n) is 5.28. The molecule has 1 N–H and O–H groups in total. The van der Waals surface area contributed by atoms with E-state index in [1.54, 1.807) is 0 Å². The van der Waals surface area contributed by atoms with Gasteiger partial charge in [-0.25, -0.2) is 0 Å². The quantitative estimate of drug-likeness (QED) is 0.834. The van der Waals surface area contributed by atoms with Crippen LogP contribution in [0.5, 0.6) is 0 Å². The van der Waals surface area contributed by atoms with Crippen molar-refractivity contribution >= 4 is 28.7 Å². The normalized spacial score (nSPS) is 41.2. The minimum atomic E-state index is 0.550. The van der Waals surface area contributed by atoms with Gasteiger partial charge in [0, 0.05) is 17.0 Å². The minimum absolute atomic E-state index is 0.550. The molecule has 0 aromatic heterocycles. The summed E-state index contributed by atoms with van der Waals surface area (Å²) < 4.78 is 0. The summed E-state index contributed by atoms with van der Waals surface area (Å²) in [5, 5.41) is 5.50. The smallest absolute Gasteiger partial charge is 0.157 e. The molecule has 1 heterocycles. The third-order valence-electron chi connectivity index (χ3n) is 3.94. The van der Waals surface area contributed by atoms with Crippen LogP contribution >= 0.6 is 23.5 Å². The van der Waals surface area contributed by atoms with E-state index in [4.69, 9.17) is 4.99 Å². The first-order chi connectivity index (χ1) is 8.20. The lowest BCUT2D eigenvalue weighted by molar-refractivity contribution is 0.449. The molecular weight excluding hydrogens is 248 g/mol. The van der Waals surface area contributed by atoms with E-state index in [0.717, 1.165) is 11.2 Å². The van der Waals surface area contributed by atoms with Gasteiger partial charge in [0.05, 0.1) is 6.04 Å². The highest BCUT2D eigenvalue weighted by molar-refractivity contribution is 8.13. The van der Waals surface area contributed by atoms with Gasteiger partial charge in [0.1, 0.15) is 0 Å². The molecule has 4 unspecified atom stereocenters. The molecule has 1 aliphatic carbocycles. The Labute approximate surface area is 114 Å². The van der Waals surface area contributed by atoms with Crippen molar-refractivity contribution in [3.63, 3.8) is 0 Å². The lowest BCUT2D eigenvalue weighted by atomic mass is 9.95. The number of hydrogen-bond donors (Lipinski definition) is 1. The first-order valence-electron chi connectivity index (χ1n) is 6.70. The van der Waals surface area contributed by atoms with Gasteiger partial charge >= 0.3 is 0 Å². The van der Waals surface area contributed by atoms with E-state index >= 15 is 0 Å². The minimum Gasteiger partial charge on any atom is -0.362 e. The molecule has 4 heteroatoms. The van der Waals surface area contributed by atoms with E-state index in [1.807, 2.05) is 23.5 Å². The number of nitrogens with zero attached hydrogens (tertiary/aromatic N) is 1. The van der Waals surface area contributed by atoms with Crippen LogP contribution in [-0.4, -0.2) is 34.5 Å². The Kier molecular flexibility index (Phi) is 5.10. The van der Waals surface area contributed by atoms with Gasteiger partial charge < -0.3 is 5.32 Å². The Morgan fingerprint density at radius 1 is 1.29 bits per heavy atom. The highest BCUT2D eigenvalue weighted by Crippen LogP contribution is 2.30. The molecule has 2 aliphatic rings. The van der Waals surface area contributed by atoms with E-state index in [1.165, 1.54) is 36.6 Å². The monoisotopic (exact) mass is 272 g/mol. The molecule has 2 nitrogen and oxygen atoms in total. The SMILES string of the molecule is CSC1CCCCC1N=C1NC(C)C(C)CS1. The standard InChI is InChI=1S/C13H24N2S2/c1-9-8-17-13(14-10(9)2)15-11-6-4-5-7-12(11)16-3/h9-12H,4-8H2,1-3H3,(H,14,15). The summed E-state index contributed by atoms with van der Waals surface area (Å²) in [6.45, 7) is 4.58. The molecule has 0 radical (unpaired) electrons. The van der Waals surface area contributed by atoms with Gasteiger partial charge in [-0.2, -0.15) is 11.8 Å². The van der Waals surface area contributed by atoms with Gasteiger partial charge in [-0.3, -0.25) is 4.99 Å². The van der Waals surface area contributed by atoms with Crippen molar-refractivity contribution in [2.75, 3.05) is 12.0 Å². The Balaban J connectivity index is 1.97. The lowest BCUT2D eigenvalue weighted by Crippen LogP contribution is -2.42. The van der Waals surface area contributed by atoms with Crippen molar-refractivity contribution in [3.05, 3.63) is 0 Å². The van der Waals surface area contributed by atoms with Crippen LogP contribution in [-0.2, 0) is 0 Å². The van der Waals surface area contributed by atoms with Crippen molar-refractivity contribution in [2.45, 2.75) is 56.9 Å². The summed E-state index contributed by atoms with van der Waals surface area (Å²) in [4.78, 5) is 4.98. The van der Waals surface area contributed by atoms with E-state index in [-0.39, 0.29) is 0 Å². The largest absolute Gasteiger partial charge is 0.362 e. The number of aliphatic imine (C=N–C) groups is 1. The van der Waals surface area contributed by atoms with E-state index in [9.17, 15) is 0 Å². The van der Waals surface area contributed by atoms with E-state index in [2.05, 4.69) is 25.4 Å². The van der Waals surface area contributed by atoms with E-state index < -0.39 is 0 Å². The van der Waals surface area contributed by atoms with Gasteiger partial charge in [-0.05, 0) is 31.9 Å². The van der Waals surface area contributed by atoms with Crippen molar-refractivity contribution in [3.8, 4) is 0 Å².